The SMILES string of the molecule is N#Cc1c(NC(=O)CSc2nnc(N3CCCC3)n2C2CC2)sc2c1CCCC2. The lowest BCUT2D eigenvalue weighted by Crippen LogP contribution is -2.22. The van der Waals surface area contributed by atoms with Gasteiger partial charge in [0.05, 0.1) is 11.3 Å². The van der Waals surface area contributed by atoms with Gasteiger partial charge in [0.25, 0.3) is 0 Å². The number of fused-ring (bicyclic) bond motifs is 1. The number of carbonyl (C=O) groups excluding carboxylic acids is 1. The van der Waals surface area contributed by atoms with Gasteiger partial charge in [-0.05, 0) is 56.9 Å². The van der Waals surface area contributed by atoms with Gasteiger partial charge in [-0.3, -0.25) is 9.36 Å². The van der Waals surface area contributed by atoms with Crippen molar-refractivity contribution in [2.24, 2.45) is 0 Å². The molecule has 5 rings (SSSR count). The van der Waals surface area contributed by atoms with E-state index in [9.17, 15) is 10.1 Å². The molecular weight excluding hydrogens is 404 g/mol. The molecule has 152 valence electrons. The third-order valence-corrected chi connectivity index (χ3v) is 7.97. The van der Waals surface area contributed by atoms with E-state index in [0.717, 1.165) is 68.3 Å². The Labute approximate surface area is 178 Å². The van der Waals surface area contributed by atoms with Crippen LogP contribution in [0.4, 0.5) is 10.9 Å². The van der Waals surface area contributed by atoms with Crippen LogP contribution in [-0.4, -0.2) is 39.5 Å². The largest absolute Gasteiger partial charge is 0.341 e. The number of carbonyl (C=O) groups is 1. The molecule has 0 aromatic carbocycles. The van der Waals surface area contributed by atoms with E-state index in [-0.39, 0.29) is 11.7 Å². The van der Waals surface area contributed by atoms with Crippen molar-refractivity contribution >= 4 is 40.0 Å². The molecule has 1 N–H and O–H groups in total. The van der Waals surface area contributed by atoms with Crippen LogP contribution in [0, 0.1) is 11.3 Å². The molecule has 0 bridgehead atoms. The van der Waals surface area contributed by atoms with Crippen LogP contribution in [0.1, 0.15) is 60.6 Å². The number of nitrogens with one attached hydrogen (secondary N) is 1. The van der Waals surface area contributed by atoms with E-state index in [4.69, 9.17) is 0 Å². The molecule has 3 aliphatic rings. The van der Waals surface area contributed by atoms with Gasteiger partial charge in [0.15, 0.2) is 5.16 Å². The van der Waals surface area contributed by atoms with Gasteiger partial charge >= 0.3 is 0 Å². The van der Waals surface area contributed by atoms with Gasteiger partial charge in [0.1, 0.15) is 11.1 Å². The minimum atomic E-state index is -0.0850. The molecule has 1 amide bonds. The number of thiophene rings is 1. The minimum Gasteiger partial charge on any atom is -0.341 e. The zero-order valence-electron chi connectivity index (χ0n) is 16.3. The van der Waals surface area contributed by atoms with Crippen molar-refractivity contribution in [1.29, 1.82) is 5.26 Å². The molecule has 2 aromatic heterocycles. The number of aromatic nitrogens is 3. The molecule has 2 fully saturated rings. The number of thioether (sulfide) groups is 1. The fourth-order valence-electron chi connectivity index (χ4n) is 4.22. The summed E-state index contributed by atoms with van der Waals surface area (Å²) in [7, 11) is 0. The molecule has 2 aromatic rings. The Bertz CT molecular complexity index is 965. The smallest absolute Gasteiger partial charge is 0.235 e. The summed E-state index contributed by atoms with van der Waals surface area (Å²) in [6.45, 7) is 2.08. The number of nitrogens with zero attached hydrogens (tertiary/aromatic N) is 5. The Morgan fingerprint density at radius 2 is 2.00 bits per heavy atom. The fraction of sp³-hybridized carbons (Fsp3) is 0.600. The molecule has 0 spiro atoms. The predicted molar refractivity (Wildman–Crippen MR) is 115 cm³/mol. The Morgan fingerprint density at radius 3 is 2.76 bits per heavy atom. The van der Waals surface area contributed by atoms with Crippen molar-refractivity contribution in [1.82, 2.24) is 14.8 Å². The third kappa shape index (κ3) is 3.76. The third-order valence-electron chi connectivity index (χ3n) is 5.82. The highest BCUT2D eigenvalue weighted by Gasteiger charge is 2.32. The van der Waals surface area contributed by atoms with E-state index in [0.29, 0.717) is 16.6 Å². The lowest BCUT2D eigenvalue weighted by atomic mass is 9.96. The number of nitriles is 1. The van der Waals surface area contributed by atoms with Crippen LogP contribution >= 0.6 is 23.1 Å². The maximum atomic E-state index is 12.6. The summed E-state index contributed by atoms with van der Waals surface area (Å²) in [5.74, 6) is 1.15. The Balaban J connectivity index is 1.27. The second-order valence-electron chi connectivity index (χ2n) is 7.94. The van der Waals surface area contributed by atoms with Crippen molar-refractivity contribution in [3.63, 3.8) is 0 Å². The second-order valence-corrected chi connectivity index (χ2v) is 9.99. The fourth-order valence-corrected chi connectivity index (χ4v) is 6.27. The molecule has 1 saturated heterocycles. The number of anilines is 2. The number of hydrogen-bond acceptors (Lipinski definition) is 7. The summed E-state index contributed by atoms with van der Waals surface area (Å²) >= 11 is 3.01. The summed E-state index contributed by atoms with van der Waals surface area (Å²) in [6.07, 6.45) is 8.97. The number of aryl methyl sites for hydroxylation is 1. The summed E-state index contributed by atoms with van der Waals surface area (Å²) in [4.78, 5) is 16.2. The zero-order chi connectivity index (χ0) is 19.8. The highest BCUT2D eigenvalue weighted by atomic mass is 32.2. The van der Waals surface area contributed by atoms with Gasteiger partial charge in [-0.15, -0.1) is 21.5 Å². The van der Waals surface area contributed by atoms with Crippen LogP contribution in [-0.2, 0) is 17.6 Å². The standard InChI is InChI=1S/C20H24N6OS2/c21-11-15-14-5-1-2-6-16(14)29-18(15)22-17(27)12-28-20-24-23-19(25-9-3-4-10-25)26(20)13-7-8-13/h13H,1-10,12H2,(H,22,27). The second kappa shape index (κ2) is 8.00. The normalized spacial score (nSPS) is 18.5. The van der Waals surface area contributed by atoms with Gasteiger partial charge in [-0.2, -0.15) is 5.26 Å². The van der Waals surface area contributed by atoms with Crippen molar-refractivity contribution in [2.45, 2.75) is 62.6 Å². The first-order valence-electron chi connectivity index (χ1n) is 10.4. The maximum Gasteiger partial charge on any atom is 0.235 e. The Hall–Kier alpha value is -2.05. The molecule has 1 aliphatic heterocycles. The van der Waals surface area contributed by atoms with Gasteiger partial charge in [0.2, 0.25) is 11.9 Å². The van der Waals surface area contributed by atoms with Gasteiger partial charge in [-0.1, -0.05) is 11.8 Å². The van der Waals surface area contributed by atoms with Crippen molar-refractivity contribution < 1.29 is 4.79 Å². The van der Waals surface area contributed by atoms with Crippen LogP contribution < -0.4 is 10.2 Å². The topological polar surface area (TPSA) is 86.8 Å². The van der Waals surface area contributed by atoms with E-state index in [2.05, 4.69) is 31.1 Å². The molecule has 0 atom stereocenters. The molecule has 2 aliphatic carbocycles. The van der Waals surface area contributed by atoms with Crippen molar-refractivity contribution in [3.05, 3.63) is 16.0 Å². The van der Waals surface area contributed by atoms with Crippen LogP contribution in [0.3, 0.4) is 0 Å². The number of amides is 1. The molecular formula is C20H24N6OS2. The molecule has 1 saturated carbocycles. The molecule has 0 radical (unpaired) electrons. The van der Waals surface area contributed by atoms with Crippen molar-refractivity contribution in [2.75, 3.05) is 29.1 Å². The lowest BCUT2D eigenvalue weighted by Gasteiger charge is -2.17. The molecule has 3 heterocycles. The highest BCUT2D eigenvalue weighted by molar-refractivity contribution is 7.99. The average molecular weight is 429 g/mol. The highest BCUT2D eigenvalue weighted by Crippen LogP contribution is 2.41. The average Bonchev–Trinajstić information content (AvgIpc) is 3.15. The Morgan fingerprint density at radius 1 is 1.21 bits per heavy atom. The summed E-state index contributed by atoms with van der Waals surface area (Å²) < 4.78 is 2.23. The van der Waals surface area contributed by atoms with Crippen LogP contribution in [0.5, 0.6) is 0 Å². The molecule has 29 heavy (non-hydrogen) atoms. The zero-order valence-corrected chi connectivity index (χ0v) is 17.9. The molecule has 0 unspecified atom stereocenters. The molecule has 7 nitrogen and oxygen atoms in total. The first-order chi connectivity index (χ1) is 14.2. The minimum absolute atomic E-state index is 0.0850. The van der Waals surface area contributed by atoms with Gasteiger partial charge < -0.3 is 10.2 Å². The lowest BCUT2D eigenvalue weighted by molar-refractivity contribution is -0.113. The van der Waals surface area contributed by atoms with Gasteiger partial charge in [-0.25, -0.2) is 0 Å². The monoisotopic (exact) mass is 428 g/mol. The summed E-state index contributed by atoms with van der Waals surface area (Å²) in [5, 5.41) is 22.9. The quantitative estimate of drug-likeness (QED) is 0.705. The van der Waals surface area contributed by atoms with E-state index in [1.54, 1.807) is 11.3 Å². The van der Waals surface area contributed by atoms with E-state index < -0.39 is 0 Å². The summed E-state index contributed by atoms with van der Waals surface area (Å²) in [5.41, 5.74) is 1.82. The van der Waals surface area contributed by atoms with Crippen molar-refractivity contribution in [3.8, 4) is 6.07 Å². The first kappa shape index (κ1) is 18.9. The predicted octanol–water partition coefficient (Wildman–Crippen LogP) is 3.76. The van der Waals surface area contributed by atoms with E-state index >= 15 is 0 Å². The summed E-state index contributed by atoms with van der Waals surface area (Å²) in [6, 6.07) is 2.78. The maximum absolute atomic E-state index is 12.6. The Kier molecular flexibility index (Phi) is 5.22. The first-order valence-corrected chi connectivity index (χ1v) is 12.2. The number of rotatable bonds is 6. The van der Waals surface area contributed by atoms with Gasteiger partial charge in [0, 0.05) is 24.0 Å². The number of hydrogen-bond donors (Lipinski definition) is 1. The van der Waals surface area contributed by atoms with E-state index in [1.807, 2.05) is 0 Å². The molecule has 9 heteroatoms. The van der Waals surface area contributed by atoms with Crippen LogP contribution in [0.15, 0.2) is 5.16 Å². The van der Waals surface area contributed by atoms with E-state index in [1.165, 1.54) is 29.5 Å². The van der Waals surface area contributed by atoms with Crippen LogP contribution in [0.25, 0.3) is 0 Å². The van der Waals surface area contributed by atoms with Crippen LogP contribution in [0.2, 0.25) is 0 Å².